The van der Waals surface area contributed by atoms with Crippen molar-refractivity contribution in [3.63, 3.8) is 0 Å². The summed E-state index contributed by atoms with van der Waals surface area (Å²) in [4.78, 5) is 0. The normalized spacial score (nSPS) is 12.1. The minimum Gasteiger partial charge on any atom is -0.497 e. The van der Waals surface area contributed by atoms with Crippen molar-refractivity contribution in [2.45, 2.75) is 6.10 Å². The van der Waals surface area contributed by atoms with Crippen molar-refractivity contribution in [2.75, 3.05) is 14.2 Å². The van der Waals surface area contributed by atoms with Crippen LogP contribution in [0.5, 0.6) is 11.5 Å². The molecule has 0 saturated heterocycles. The Morgan fingerprint density at radius 3 is 2.25 bits per heavy atom. The van der Waals surface area contributed by atoms with Gasteiger partial charge in [0.15, 0.2) is 0 Å². The number of ether oxygens (including phenoxy) is 2. The second-order valence-corrected chi connectivity index (χ2v) is 5.02. The molecule has 0 radical (unpaired) electrons. The molecule has 106 valence electrons. The highest BCUT2D eigenvalue weighted by Crippen LogP contribution is 2.36. The molecular formula is C15H14Cl2O3. The van der Waals surface area contributed by atoms with Gasteiger partial charge in [0.1, 0.15) is 17.6 Å². The van der Waals surface area contributed by atoms with Gasteiger partial charge in [0.25, 0.3) is 0 Å². The smallest absolute Gasteiger partial charge is 0.128 e. The summed E-state index contributed by atoms with van der Waals surface area (Å²) >= 11 is 12.0. The standard InChI is InChI=1S/C15H14Cl2O3/c1-19-10-4-6-12(14(8-10)20-2)15(18)11-5-3-9(16)7-13(11)17/h3-8,15,18H,1-2H3. The molecule has 0 fully saturated rings. The zero-order chi connectivity index (χ0) is 14.7. The van der Waals surface area contributed by atoms with Crippen LogP contribution in [0.4, 0.5) is 0 Å². The molecule has 0 amide bonds. The highest BCUT2D eigenvalue weighted by molar-refractivity contribution is 6.35. The number of rotatable bonds is 4. The summed E-state index contributed by atoms with van der Waals surface area (Å²) in [5.74, 6) is 1.18. The van der Waals surface area contributed by atoms with E-state index in [9.17, 15) is 5.11 Å². The summed E-state index contributed by atoms with van der Waals surface area (Å²) in [6.07, 6.45) is -0.902. The van der Waals surface area contributed by atoms with Crippen molar-refractivity contribution >= 4 is 23.2 Å². The molecule has 0 aliphatic heterocycles. The molecule has 2 aromatic carbocycles. The van der Waals surface area contributed by atoms with E-state index in [0.29, 0.717) is 32.7 Å². The van der Waals surface area contributed by atoms with E-state index in [1.165, 1.54) is 7.11 Å². The van der Waals surface area contributed by atoms with Crippen LogP contribution < -0.4 is 9.47 Å². The lowest BCUT2D eigenvalue weighted by molar-refractivity contribution is 0.214. The summed E-state index contributed by atoms with van der Waals surface area (Å²) in [7, 11) is 3.11. The quantitative estimate of drug-likeness (QED) is 0.924. The average Bonchev–Trinajstić information content (AvgIpc) is 2.46. The van der Waals surface area contributed by atoms with Gasteiger partial charge in [-0.2, -0.15) is 0 Å². The third kappa shape index (κ3) is 3.01. The first-order valence-electron chi connectivity index (χ1n) is 5.91. The lowest BCUT2D eigenvalue weighted by atomic mass is 10.0. The highest BCUT2D eigenvalue weighted by atomic mass is 35.5. The fraction of sp³-hybridized carbons (Fsp3) is 0.200. The second kappa shape index (κ2) is 6.35. The van der Waals surface area contributed by atoms with Gasteiger partial charge in [0, 0.05) is 27.2 Å². The van der Waals surface area contributed by atoms with Gasteiger partial charge in [-0.15, -0.1) is 0 Å². The van der Waals surface area contributed by atoms with E-state index in [-0.39, 0.29) is 0 Å². The van der Waals surface area contributed by atoms with Crippen LogP contribution >= 0.6 is 23.2 Å². The zero-order valence-electron chi connectivity index (χ0n) is 11.1. The van der Waals surface area contributed by atoms with E-state index in [4.69, 9.17) is 32.7 Å². The Hall–Kier alpha value is -1.42. The van der Waals surface area contributed by atoms with Crippen LogP contribution in [0.15, 0.2) is 36.4 Å². The predicted octanol–water partition coefficient (Wildman–Crippen LogP) is 4.09. The van der Waals surface area contributed by atoms with Crippen molar-refractivity contribution in [3.05, 3.63) is 57.6 Å². The van der Waals surface area contributed by atoms with Gasteiger partial charge in [-0.1, -0.05) is 29.3 Å². The Bertz CT molecular complexity index is 614. The topological polar surface area (TPSA) is 38.7 Å². The number of hydrogen-bond donors (Lipinski definition) is 1. The molecule has 2 rings (SSSR count). The van der Waals surface area contributed by atoms with Crippen molar-refractivity contribution in [2.24, 2.45) is 0 Å². The molecule has 2 aromatic rings. The van der Waals surface area contributed by atoms with Crippen LogP contribution in [0.1, 0.15) is 17.2 Å². The van der Waals surface area contributed by atoms with E-state index >= 15 is 0 Å². The number of hydrogen-bond acceptors (Lipinski definition) is 3. The van der Waals surface area contributed by atoms with E-state index in [1.807, 2.05) is 0 Å². The van der Waals surface area contributed by atoms with E-state index in [1.54, 1.807) is 43.5 Å². The summed E-state index contributed by atoms with van der Waals surface area (Å²) in [5, 5.41) is 11.4. The van der Waals surface area contributed by atoms with Gasteiger partial charge in [0.2, 0.25) is 0 Å². The fourth-order valence-corrected chi connectivity index (χ4v) is 2.45. The molecule has 5 heteroatoms. The third-order valence-electron chi connectivity index (χ3n) is 2.99. The molecule has 0 bridgehead atoms. The number of aliphatic hydroxyl groups is 1. The molecule has 0 saturated carbocycles. The maximum Gasteiger partial charge on any atom is 0.128 e. The van der Waals surface area contributed by atoms with E-state index in [2.05, 4.69) is 0 Å². The van der Waals surface area contributed by atoms with Gasteiger partial charge in [-0.05, 0) is 24.3 Å². The summed E-state index contributed by atoms with van der Waals surface area (Å²) in [6, 6.07) is 10.2. The third-order valence-corrected chi connectivity index (χ3v) is 3.55. The second-order valence-electron chi connectivity index (χ2n) is 4.18. The Labute approximate surface area is 127 Å². The predicted molar refractivity (Wildman–Crippen MR) is 80.1 cm³/mol. The summed E-state index contributed by atoms with van der Waals surface area (Å²) in [5.41, 5.74) is 1.18. The molecule has 1 N–H and O–H groups in total. The van der Waals surface area contributed by atoms with Crippen molar-refractivity contribution in [1.82, 2.24) is 0 Å². The lowest BCUT2D eigenvalue weighted by Gasteiger charge is -2.17. The van der Waals surface area contributed by atoms with Crippen LogP contribution in [-0.2, 0) is 0 Å². The maximum atomic E-state index is 10.5. The van der Waals surface area contributed by atoms with Gasteiger partial charge in [-0.25, -0.2) is 0 Å². The first-order chi connectivity index (χ1) is 9.56. The molecule has 1 unspecified atom stereocenters. The van der Waals surface area contributed by atoms with Crippen LogP contribution in [0.3, 0.4) is 0 Å². The molecule has 0 aliphatic rings. The Kier molecular flexibility index (Phi) is 4.76. The van der Waals surface area contributed by atoms with Crippen LogP contribution in [-0.4, -0.2) is 19.3 Å². The molecule has 3 nitrogen and oxygen atoms in total. The molecular weight excluding hydrogens is 299 g/mol. The number of halogens is 2. The average molecular weight is 313 g/mol. The molecule has 0 spiro atoms. The molecule has 0 aliphatic carbocycles. The highest BCUT2D eigenvalue weighted by Gasteiger charge is 2.18. The van der Waals surface area contributed by atoms with Gasteiger partial charge < -0.3 is 14.6 Å². The van der Waals surface area contributed by atoms with Crippen LogP contribution in [0.25, 0.3) is 0 Å². The van der Waals surface area contributed by atoms with Crippen molar-refractivity contribution in [1.29, 1.82) is 0 Å². The van der Waals surface area contributed by atoms with Gasteiger partial charge >= 0.3 is 0 Å². The molecule has 0 heterocycles. The van der Waals surface area contributed by atoms with Crippen LogP contribution in [0, 0.1) is 0 Å². The molecule has 20 heavy (non-hydrogen) atoms. The summed E-state index contributed by atoms with van der Waals surface area (Å²) < 4.78 is 10.4. The Morgan fingerprint density at radius 1 is 0.950 bits per heavy atom. The Balaban J connectivity index is 2.44. The monoisotopic (exact) mass is 312 g/mol. The minimum absolute atomic E-state index is 0.405. The van der Waals surface area contributed by atoms with E-state index < -0.39 is 6.10 Å². The van der Waals surface area contributed by atoms with E-state index in [0.717, 1.165) is 0 Å². The summed E-state index contributed by atoms with van der Waals surface area (Å²) in [6.45, 7) is 0. The van der Waals surface area contributed by atoms with Crippen molar-refractivity contribution < 1.29 is 14.6 Å². The zero-order valence-corrected chi connectivity index (χ0v) is 12.6. The lowest BCUT2D eigenvalue weighted by Crippen LogP contribution is -2.03. The first kappa shape index (κ1) is 15.0. The first-order valence-corrected chi connectivity index (χ1v) is 6.67. The van der Waals surface area contributed by atoms with Gasteiger partial charge in [0.05, 0.1) is 14.2 Å². The Morgan fingerprint density at radius 2 is 1.65 bits per heavy atom. The number of methoxy groups -OCH3 is 2. The maximum absolute atomic E-state index is 10.5. The molecule has 0 aromatic heterocycles. The van der Waals surface area contributed by atoms with Crippen LogP contribution in [0.2, 0.25) is 10.0 Å². The fourth-order valence-electron chi connectivity index (χ4n) is 1.94. The van der Waals surface area contributed by atoms with Gasteiger partial charge in [-0.3, -0.25) is 0 Å². The number of benzene rings is 2. The molecule has 1 atom stereocenters. The largest absolute Gasteiger partial charge is 0.497 e. The SMILES string of the molecule is COc1ccc(C(O)c2ccc(Cl)cc2Cl)c(OC)c1. The number of aliphatic hydroxyl groups excluding tert-OH is 1. The van der Waals surface area contributed by atoms with Crippen molar-refractivity contribution in [3.8, 4) is 11.5 Å². The minimum atomic E-state index is -0.902.